The highest BCUT2D eigenvalue weighted by Gasteiger charge is 2.64. The number of hydrogen-bond donors (Lipinski definition) is 1. The number of benzene rings is 1. The van der Waals surface area contributed by atoms with Gasteiger partial charge in [0.05, 0.1) is 7.11 Å². The first-order chi connectivity index (χ1) is 9.69. The minimum absolute atomic E-state index is 0.0795. The Bertz CT molecular complexity index is 516. The predicted octanol–water partition coefficient (Wildman–Crippen LogP) is 3.53. The van der Waals surface area contributed by atoms with Gasteiger partial charge in [0.25, 0.3) is 0 Å². The van der Waals surface area contributed by atoms with E-state index in [9.17, 15) is 4.39 Å². The quantitative estimate of drug-likeness (QED) is 0.907. The van der Waals surface area contributed by atoms with Crippen LogP contribution in [0.2, 0.25) is 0 Å². The second-order valence-electron chi connectivity index (χ2n) is 6.79. The van der Waals surface area contributed by atoms with Crippen LogP contribution in [0.4, 0.5) is 4.39 Å². The summed E-state index contributed by atoms with van der Waals surface area (Å²) in [5.41, 5.74) is 0.753. The second kappa shape index (κ2) is 4.45. The van der Waals surface area contributed by atoms with Crippen molar-refractivity contribution in [1.82, 2.24) is 5.32 Å². The molecule has 4 rings (SSSR count). The van der Waals surface area contributed by atoms with Gasteiger partial charge in [-0.3, -0.25) is 0 Å². The van der Waals surface area contributed by atoms with E-state index in [-0.39, 0.29) is 11.9 Å². The zero-order chi connectivity index (χ0) is 13.9. The van der Waals surface area contributed by atoms with Crippen molar-refractivity contribution in [2.24, 2.45) is 23.7 Å². The lowest BCUT2D eigenvalue weighted by Gasteiger charge is -2.18. The monoisotopic (exact) mass is 275 g/mol. The van der Waals surface area contributed by atoms with Crippen LogP contribution in [0, 0.1) is 29.5 Å². The fraction of sp³-hybridized carbons (Fsp3) is 0.647. The number of fused-ring (bicyclic) bond motifs is 5. The van der Waals surface area contributed by atoms with Crippen LogP contribution in [-0.4, -0.2) is 13.2 Å². The minimum atomic E-state index is -0.168. The molecule has 0 amide bonds. The van der Waals surface area contributed by atoms with Crippen LogP contribution in [0.5, 0.6) is 5.75 Å². The summed E-state index contributed by atoms with van der Waals surface area (Å²) < 4.78 is 19.2. The van der Waals surface area contributed by atoms with E-state index < -0.39 is 0 Å². The molecule has 0 aromatic heterocycles. The van der Waals surface area contributed by atoms with Gasteiger partial charge in [0, 0.05) is 23.7 Å². The number of hydrogen-bond acceptors (Lipinski definition) is 2. The molecule has 3 aliphatic rings. The molecule has 5 atom stereocenters. The molecule has 3 aliphatic carbocycles. The fourth-order valence-electron chi connectivity index (χ4n) is 4.91. The maximum Gasteiger partial charge on any atom is 0.131 e. The van der Waals surface area contributed by atoms with Crippen LogP contribution in [0.1, 0.15) is 37.8 Å². The highest BCUT2D eigenvalue weighted by molar-refractivity contribution is 5.31. The lowest BCUT2D eigenvalue weighted by molar-refractivity contribution is 0.406. The standard InChI is InChI=1S/C17H22FNO/c1-9(13-6-5-12(20-2)8-14(13)18)19-17-15-10-3-4-11(7-10)16(15)17/h5-6,8-11,15-17,19H,3-4,7H2,1-2H3. The maximum atomic E-state index is 14.1. The van der Waals surface area contributed by atoms with Crippen molar-refractivity contribution in [3.05, 3.63) is 29.6 Å². The number of ether oxygens (including phenoxy) is 1. The highest BCUT2D eigenvalue weighted by atomic mass is 19.1. The topological polar surface area (TPSA) is 21.3 Å². The molecule has 3 fully saturated rings. The Morgan fingerprint density at radius 2 is 1.95 bits per heavy atom. The molecule has 1 N–H and O–H groups in total. The number of nitrogens with one attached hydrogen (secondary N) is 1. The fourth-order valence-corrected chi connectivity index (χ4v) is 4.91. The summed E-state index contributed by atoms with van der Waals surface area (Å²) in [7, 11) is 1.57. The zero-order valence-electron chi connectivity index (χ0n) is 12.1. The van der Waals surface area contributed by atoms with Crippen molar-refractivity contribution in [2.45, 2.75) is 38.3 Å². The van der Waals surface area contributed by atoms with Gasteiger partial charge in [-0.2, -0.15) is 0 Å². The first-order valence-corrected chi connectivity index (χ1v) is 7.78. The Kier molecular flexibility index (Phi) is 2.81. The summed E-state index contributed by atoms with van der Waals surface area (Å²) in [6, 6.07) is 5.88. The first kappa shape index (κ1) is 12.6. The van der Waals surface area contributed by atoms with Crippen LogP contribution < -0.4 is 10.1 Å². The third-order valence-corrected chi connectivity index (χ3v) is 5.85. The Hall–Kier alpha value is -1.09. The average molecular weight is 275 g/mol. The molecule has 108 valence electrons. The average Bonchev–Trinajstić information content (AvgIpc) is 2.84. The van der Waals surface area contributed by atoms with E-state index in [0.29, 0.717) is 11.8 Å². The van der Waals surface area contributed by atoms with Gasteiger partial charge in [-0.1, -0.05) is 6.07 Å². The number of methoxy groups -OCH3 is 1. The van der Waals surface area contributed by atoms with E-state index in [1.807, 2.05) is 12.1 Å². The molecule has 0 saturated heterocycles. The van der Waals surface area contributed by atoms with Crippen molar-refractivity contribution >= 4 is 0 Å². The summed E-state index contributed by atoms with van der Waals surface area (Å²) >= 11 is 0. The van der Waals surface area contributed by atoms with Crippen LogP contribution in [0.3, 0.4) is 0 Å². The van der Waals surface area contributed by atoms with Crippen molar-refractivity contribution in [2.75, 3.05) is 7.11 Å². The van der Waals surface area contributed by atoms with Gasteiger partial charge < -0.3 is 10.1 Å². The molecule has 1 aromatic rings. The Morgan fingerprint density at radius 3 is 2.55 bits per heavy atom. The van der Waals surface area contributed by atoms with Crippen molar-refractivity contribution < 1.29 is 9.13 Å². The third-order valence-electron chi connectivity index (χ3n) is 5.85. The summed E-state index contributed by atoms with van der Waals surface area (Å²) in [5.74, 6) is 4.10. The van der Waals surface area contributed by atoms with Gasteiger partial charge in [-0.15, -0.1) is 0 Å². The molecule has 0 aliphatic heterocycles. The van der Waals surface area contributed by atoms with E-state index in [1.165, 1.54) is 25.3 Å². The van der Waals surface area contributed by atoms with E-state index >= 15 is 0 Å². The lowest BCUT2D eigenvalue weighted by Crippen LogP contribution is -2.26. The molecule has 20 heavy (non-hydrogen) atoms. The van der Waals surface area contributed by atoms with E-state index in [1.54, 1.807) is 7.11 Å². The van der Waals surface area contributed by atoms with Gasteiger partial charge in [0.1, 0.15) is 11.6 Å². The predicted molar refractivity (Wildman–Crippen MR) is 76.1 cm³/mol. The van der Waals surface area contributed by atoms with Crippen molar-refractivity contribution in [3.8, 4) is 5.75 Å². The van der Waals surface area contributed by atoms with E-state index in [4.69, 9.17) is 4.74 Å². The van der Waals surface area contributed by atoms with E-state index in [0.717, 1.165) is 29.2 Å². The van der Waals surface area contributed by atoms with Crippen LogP contribution in [-0.2, 0) is 0 Å². The molecular weight excluding hydrogens is 253 g/mol. The van der Waals surface area contributed by atoms with Gasteiger partial charge >= 0.3 is 0 Å². The molecular formula is C17H22FNO. The van der Waals surface area contributed by atoms with Gasteiger partial charge in [0.2, 0.25) is 0 Å². The summed E-state index contributed by atoms with van der Waals surface area (Å²) in [5, 5.41) is 3.67. The van der Waals surface area contributed by atoms with Gasteiger partial charge in [-0.05, 0) is 55.9 Å². The molecule has 2 bridgehead atoms. The minimum Gasteiger partial charge on any atom is -0.497 e. The molecule has 2 nitrogen and oxygen atoms in total. The molecule has 0 spiro atoms. The smallest absolute Gasteiger partial charge is 0.131 e. The Morgan fingerprint density at radius 1 is 1.25 bits per heavy atom. The van der Waals surface area contributed by atoms with Crippen LogP contribution in [0.15, 0.2) is 18.2 Å². The third kappa shape index (κ3) is 1.79. The summed E-state index contributed by atoms with van der Waals surface area (Å²) in [4.78, 5) is 0. The number of rotatable bonds is 4. The number of halogens is 1. The van der Waals surface area contributed by atoms with Gasteiger partial charge in [-0.25, -0.2) is 4.39 Å². The largest absolute Gasteiger partial charge is 0.497 e. The molecule has 0 radical (unpaired) electrons. The van der Waals surface area contributed by atoms with Crippen LogP contribution >= 0.6 is 0 Å². The molecule has 1 aromatic carbocycles. The molecule has 5 unspecified atom stereocenters. The van der Waals surface area contributed by atoms with Crippen molar-refractivity contribution in [1.29, 1.82) is 0 Å². The first-order valence-electron chi connectivity index (χ1n) is 7.78. The summed E-state index contributed by atoms with van der Waals surface area (Å²) in [6.07, 6.45) is 4.31. The van der Waals surface area contributed by atoms with E-state index in [2.05, 4.69) is 12.2 Å². The maximum absolute atomic E-state index is 14.1. The normalized spacial score (nSPS) is 38.6. The van der Waals surface area contributed by atoms with Crippen molar-refractivity contribution in [3.63, 3.8) is 0 Å². The van der Waals surface area contributed by atoms with Crippen LogP contribution in [0.25, 0.3) is 0 Å². The molecule has 0 heterocycles. The van der Waals surface area contributed by atoms with Gasteiger partial charge in [0.15, 0.2) is 0 Å². The summed E-state index contributed by atoms with van der Waals surface area (Å²) in [6.45, 7) is 2.07. The molecule has 3 heteroatoms. The Labute approximate surface area is 119 Å². The lowest BCUT2D eigenvalue weighted by atomic mass is 10.0. The Balaban J connectivity index is 1.45. The molecule has 3 saturated carbocycles. The zero-order valence-corrected chi connectivity index (χ0v) is 12.1. The highest BCUT2D eigenvalue weighted by Crippen LogP contribution is 2.65. The second-order valence-corrected chi connectivity index (χ2v) is 6.79. The SMILES string of the molecule is COc1ccc(C(C)NC2C3C4CCC(C4)C23)c(F)c1.